The molecule has 2 bridgehead atoms. The SMILES string of the molecule is CC(=O)O[C@H]1C[C@H]2C(C)(C)CCC[C@]2(C)c2ccc3c(c21)C1(CCC=C(C)C1C[C@H]1[C@]2(C)CCC4C(C)(C)CCC[C@@]41C(=O)O2)C(=O)O3. The van der Waals surface area contributed by atoms with Crippen molar-refractivity contribution in [3.8, 4) is 5.75 Å². The van der Waals surface area contributed by atoms with Crippen molar-refractivity contribution in [1.29, 1.82) is 0 Å². The first-order valence-corrected chi connectivity index (χ1v) is 19.0. The first-order chi connectivity index (χ1) is 22.5. The average Bonchev–Trinajstić information content (AvgIpc) is 3.32. The third-order valence-corrected chi connectivity index (χ3v) is 15.7. The number of hydrogen-bond acceptors (Lipinski definition) is 6. The van der Waals surface area contributed by atoms with Gasteiger partial charge in [0.2, 0.25) is 0 Å². The highest BCUT2D eigenvalue weighted by atomic mass is 16.6. The number of allylic oxidation sites excluding steroid dienone is 2. The van der Waals surface area contributed by atoms with Crippen molar-refractivity contribution in [1.82, 2.24) is 0 Å². The second kappa shape index (κ2) is 10.2. The van der Waals surface area contributed by atoms with Crippen LogP contribution in [-0.4, -0.2) is 23.5 Å². The molecule has 0 N–H and O–H groups in total. The van der Waals surface area contributed by atoms with Crippen LogP contribution in [0, 0.1) is 39.9 Å². The number of esters is 3. The van der Waals surface area contributed by atoms with E-state index in [4.69, 9.17) is 14.2 Å². The van der Waals surface area contributed by atoms with Crippen LogP contribution in [0.3, 0.4) is 0 Å². The van der Waals surface area contributed by atoms with Crippen molar-refractivity contribution >= 4 is 17.9 Å². The number of fused-ring (bicyclic) bond motifs is 7. The predicted molar refractivity (Wildman–Crippen MR) is 183 cm³/mol. The molecular weight excluding hydrogens is 600 g/mol. The van der Waals surface area contributed by atoms with E-state index in [1.165, 1.54) is 18.1 Å². The fourth-order valence-electron chi connectivity index (χ4n) is 13.7. The zero-order valence-corrected chi connectivity index (χ0v) is 30.6. The number of rotatable bonds is 3. The molecule has 8 rings (SSSR count). The van der Waals surface area contributed by atoms with E-state index in [2.05, 4.69) is 60.6 Å². The van der Waals surface area contributed by atoms with Crippen molar-refractivity contribution in [3.63, 3.8) is 0 Å². The smallest absolute Gasteiger partial charge is 0.322 e. The molecule has 3 saturated carbocycles. The average molecular weight is 657 g/mol. The maximum Gasteiger partial charge on any atom is 0.322 e. The van der Waals surface area contributed by atoms with Crippen molar-refractivity contribution < 1.29 is 28.6 Å². The molecule has 6 heteroatoms. The minimum Gasteiger partial charge on any atom is -0.459 e. The summed E-state index contributed by atoms with van der Waals surface area (Å²) < 4.78 is 19.1. The minimum atomic E-state index is -0.905. The molecule has 2 heterocycles. The molecule has 2 aliphatic heterocycles. The zero-order chi connectivity index (χ0) is 34.2. The third kappa shape index (κ3) is 4.07. The van der Waals surface area contributed by atoms with Crippen molar-refractivity contribution in [2.45, 2.75) is 155 Å². The zero-order valence-electron chi connectivity index (χ0n) is 30.6. The van der Waals surface area contributed by atoms with Crippen LogP contribution in [0.2, 0.25) is 0 Å². The van der Waals surface area contributed by atoms with Crippen molar-refractivity contribution in [2.24, 2.45) is 39.9 Å². The van der Waals surface area contributed by atoms with Crippen LogP contribution in [-0.2, 0) is 34.7 Å². The Morgan fingerprint density at radius 2 is 1.60 bits per heavy atom. The summed E-state index contributed by atoms with van der Waals surface area (Å²) in [7, 11) is 0. The summed E-state index contributed by atoms with van der Waals surface area (Å²) in [5.74, 6) is 0.649. The molecule has 0 amide bonds. The quantitative estimate of drug-likeness (QED) is 0.183. The number of ether oxygens (including phenoxy) is 3. The summed E-state index contributed by atoms with van der Waals surface area (Å²) in [5, 5.41) is 0. The molecule has 5 aliphatic carbocycles. The molecule has 1 aromatic rings. The number of carbonyl (C=O) groups is 3. The lowest BCUT2D eigenvalue weighted by Gasteiger charge is -2.57. The van der Waals surface area contributed by atoms with Gasteiger partial charge in [-0.2, -0.15) is 0 Å². The molecule has 7 aliphatic rings. The fraction of sp³-hybridized carbons (Fsp3) is 0.738. The predicted octanol–water partition coefficient (Wildman–Crippen LogP) is 9.22. The van der Waals surface area contributed by atoms with E-state index in [1.54, 1.807) is 0 Å². The van der Waals surface area contributed by atoms with E-state index in [0.717, 1.165) is 75.3 Å². The molecule has 4 fully saturated rings. The van der Waals surface area contributed by atoms with E-state index < -0.39 is 22.5 Å². The molecule has 1 saturated heterocycles. The van der Waals surface area contributed by atoms with E-state index in [-0.39, 0.29) is 51.9 Å². The van der Waals surface area contributed by atoms with Gasteiger partial charge < -0.3 is 14.2 Å². The van der Waals surface area contributed by atoms with E-state index >= 15 is 0 Å². The standard InChI is InChI=1S/C42H56O6/c1-24-12-9-19-41(27(24)22-32-40(8)21-15-30-37(3,4)17-11-20-42(30,32)36(45)48-40)34-28(47-35(41)44)14-13-26-33(34)29(46-25(2)43)23-31-38(5,6)16-10-18-39(26,31)7/h12-14,27,29-32H,9-11,15-23H2,1-8H3/t27?,29-,30?,31-,32-,39+,40-,41?,42+/m0/s1. The second-order valence-corrected chi connectivity index (χ2v) is 18.9. The largest absolute Gasteiger partial charge is 0.459 e. The lowest BCUT2D eigenvalue weighted by atomic mass is 9.44. The number of benzene rings is 1. The van der Waals surface area contributed by atoms with Crippen LogP contribution in [0.1, 0.15) is 155 Å². The molecule has 2 spiro atoms. The summed E-state index contributed by atoms with van der Waals surface area (Å²) in [5.41, 5.74) is 2.53. The van der Waals surface area contributed by atoms with Crippen molar-refractivity contribution in [2.75, 3.05) is 0 Å². The Morgan fingerprint density at radius 1 is 0.896 bits per heavy atom. The topological polar surface area (TPSA) is 78.9 Å². The van der Waals surface area contributed by atoms with Crippen molar-refractivity contribution in [3.05, 3.63) is 40.5 Å². The van der Waals surface area contributed by atoms with Gasteiger partial charge in [-0.1, -0.05) is 65.2 Å². The molecule has 6 nitrogen and oxygen atoms in total. The fourth-order valence-corrected chi connectivity index (χ4v) is 13.7. The highest BCUT2D eigenvalue weighted by molar-refractivity contribution is 5.93. The Hall–Kier alpha value is -2.63. The summed E-state index contributed by atoms with van der Waals surface area (Å²) in [6.45, 7) is 17.7. The Bertz CT molecular complexity index is 1630. The first kappa shape index (κ1) is 32.6. The van der Waals surface area contributed by atoms with E-state index in [0.29, 0.717) is 24.5 Å². The highest BCUT2D eigenvalue weighted by Crippen LogP contribution is 2.70. The maximum absolute atomic E-state index is 14.7. The first-order valence-electron chi connectivity index (χ1n) is 19.0. The van der Waals surface area contributed by atoms with Crippen LogP contribution in [0.15, 0.2) is 23.8 Å². The van der Waals surface area contributed by atoms with Gasteiger partial charge in [-0.25, -0.2) is 0 Å². The van der Waals surface area contributed by atoms with Gasteiger partial charge in [-0.05, 0) is 118 Å². The Balaban J connectivity index is 1.31. The molecule has 260 valence electrons. The second-order valence-electron chi connectivity index (χ2n) is 18.9. The molecule has 48 heavy (non-hydrogen) atoms. The monoisotopic (exact) mass is 656 g/mol. The molecule has 0 aromatic heterocycles. The Morgan fingerprint density at radius 3 is 2.33 bits per heavy atom. The lowest BCUT2D eigenvalue weighted by Crippen LogP contribution is -2.57. The van der Waals surface area contributed by atoms with Gasteiger partial charge in [-0.15, -0.1) is 0 Å². The molecular formula is C42H56O6. The third-order valence-electron chi connectivity index (χ3n) is 15.7. The van der Waals surface area contributed by atoms with Gasteiger partial charge in [0.05, 0.1) is 5.41 Å². The van der Waals surface area contributed by atoms with E-state index in [9.17, 15) is 14.4 Å². The highest BCUT2D eigenvalue weighted by Gasteiger charge is 2.72. The van der Waals surface area contributed by atoms with Crippen LogP contribution in [0.5, 0.6) is 5.75 Å². The molecule has 3 unspecified atom stereocenters. The molecule has 9 atom stereocenters. The van der Waals surface area contributed by atoms with Crippen LogP contribution < -0.4 is 4.74 Å². The Kier molecular flexibility index (Phi) is 6.93. The molecule has 1 aromatic carbocycles. The summed E-state index contributed by atoms with van der Waals surface area (Å²) in [6.07, 6.45) is 13.0. The number of hydrogen-bond donors (Lipinski definition) is 0. The molecule has 0 radical (unpaired) electrons. The summed E-state index contributed by atoms with van der Waals surface area (Å²) >= 11 is 0. The number of carbonyl (C=O) groups excluding carboxylic acids is 3. The van der Waals surface area contributed by atoms with Gasteiger partial charge in [0, 0.05) is 29.9 Å². The van der Waals surface area contributed by atoms with E-state index in [1.807, 2.05) is 6.07 Å². The van der Waals surface area contributed by atoms with Gasteiger partial charge in [0.15, 0.2) is 0 Å². The van der Waals surface area contributed by atoms with Crippen LogP contribution in [0.25, 0.3) is 0 Å². The van der Waals surface area contributed by atoms with Gasteiger partial charge in [0.25, 0.3) is 0 Å². The van der Waals surface area contributed by atoms with Gasteiger partial charge >= 0.3 is 17.9 Å². The van der Waals surface area contributed by atoms with Crippen LogP contribution >= 0.6 is 0 Å². The normalized spacial score (nSPS) is 43.2. The Labute approximate surface area is 287 Å². The van der Waals surface area contributed by atoms with Crippen LogP contribution in [0.4, 0.5) is 0 Å². The summed E-state index contributed by atoms with van der Waals surface area (Å²) in [6, 6.07) is 4.23. The maximum atomic E-state index is 14.7. The minimum absolute atomic E-state index is 0.00246. The summed E-state index contributed by atoms with van der Waals surface area (Å²) in [4.78, 5) is 41.7. The van der Waals surface area contributed by atoms with Gasteiger partial charge in [0.1, 0.15) is 22.9 Å². The van der Waals surface area contributed by atoms with Gasteiger partial charge in [-0.3, -0.25) is 14.4 Å². The lowest BCUT2D eigenvalue weighted by molar-refractivity contribution is -0.157.